The Labute approximate surface area is 163 Å². The van der Waals surface area contributed by atoms with E-state index in [1.54, 1.807) is 18.2 Å². The van der Waals surface area contributed by atoms with Crippen molar-refractivity contribution in [3.05, 3.63) is 88.6 Å². The maximum atomic E-state index is 14.0. The summed E-state index contributed by atoms with van der Waals surface area (Å²) in [6.45, 7) is 0.0931. The molecule has 0 aliphatic carbocycles. The van der Waals surface area contributed by atoms with Crippen LogP contribution in [0.15, 0.2) is 81.7 Å². The molecule has 0 aliphatic rings. The summed E-state index contributed by atoms with van der Waals surface area (Å²) < 4.78 is 26.3. The molecule has 0 saturated heterocycles. The first kappa shape index (κ1) is 17.4. The van der Waals surface area contributed by atoms with Crippen LogP contribution in [-0.4, -0.2) is 10.2 Å². The van der Waals surface area contributed by atoms with Crippen LogP contribution in [0.25, 0.3) is 22.9 Å². The minimum atomic E-state index is -0.328. The van der Waals surface area contributed by atoms with E-state index in [2.05, 4.69) is 26.1 Å². The van der Waals surface area contributed by atoms with Gasteiger partial charge in [-0.1, -0.05) is 52.3 Å². The number of aromatic nitrogens is 2. The first-order valence-corrected chi connectivity index (χ1v) is 9.05. The lowest BCUT2D eigenvalue weighted by atomic mass is 10.2. The number of benzene rings is 3. The Morgan fingerprint density at radius 1 is 0.889 bits per heavy atom. The molecule has 0 atom stereocenters. The van der Waals surface area contributed by atoms with E-state index in [1.165, 1.54) is 6.07 Å². The fourth-order valence-corrected chi connectivity index (χ4v) is 2.93. The Hall–Kier alpha value is -2.99. The summed E-state index contributed by atoms with van der Waals surface area (Å²) in [5, 5.41) is 8.24. The van der Waals surface area contributed by atoms with Gasteiger partial charge >= 0.3 is 0 Å². The molecule has 1 aromatic heterocycles. The molecule has 3 aromatic carbocycles. The van der Waals surface area contributed by atoms with Gasteiger partial charge in [-0.25, -0.2) is 4.39 Å². The van der Waals surface area contributed by atoms with Crippen molar-refractivity contribution >= 4 is 15.9 Å². The van der Waals surface area contributed by atoms with Crippen molar-refractivity contribution in [1.82, 2.24) is 10.2 Å². The predicted octanol–water partition coefficient (Wildman–Crippen LogP) is 5.88. The van der Waals surface area contributed by atoms with Gasteiger partial charge in [0.05, 0.1) is 5.56 Å². The van der Waals surface area contributed by atoms with Crippen molar-refractivity contribution in [3.63, 3.8) is 0 Å². The van der Waals surface area contributed by atoms with Gasteiger partial charge in [-0.15, -0.1) is 10.2 Å². The van der Waals surface area contributed by atoms with Gasteiger partial charge in [-0.05, 0) is 36.4 Å². The third kappa shape index (κ3) is 3.90. The fraction of sp³-hybridized carbons (Fsp3) is 0.0476. The van der Waals surface area contributed by atoms with Crippen LogP contribution in [0.4, 0.5) is 4.39 Å². The van der Waals surface area contributed by atoms with E-state index in [1.807, 2.05) is 48.5 Å². The Bertz CT molecular complexity index is 1070. The lowest BCUT2D eigenvalue weighted by Gasteiger charge is -2.10. The number of halogens is 2. The van der Waals surface area contributed by atoms with Crippen LogP contribution in [0.1, 0.15) is 5.56 Å². The van der Waals surface area contributed by atoms with Gasteiger partial charge in [0.25, 0.3) is 5.89 Å². The zero-order valence-corrected chi connectivity index (χ0v) is 15.7. The highest BCUT2D eigenvalue weighted by molar-refractivity contribution is 9.10. The predicted molar refractivity (Wildman–Crippen MR) is 104 cm³/mol. The van der Waals surface area contributed by atoms with Crippen LogP contribution in [0.3, 0.4) is 0 Å². The van der Waals surface area contributed by atoms with Gasteiger partial charge in [-0.3, -0.25) is 0 Å². The molecule has 1 heterocycles. The van der Waals surface area contributed by atoms with Crippen LogP contribution >= 0.6 is 15.9 Å². The van der Waals surface area contributed by atoms with E-state index < -0.39 is 0 Å². The van der Waals surface area contributed by atoms with Gasteiger partial charge < -0.3 is 9.15 Å². The third-order valence-electron chi connectivity index (χ3n) is 3.96. The summed E-state index contributed by atoms with van der Waals surface area (Å²) >= 11 is 3.25. The molecule has 0 amide bonds. The van der Waals surface area contributed by atoms with Crippen molar-refractivity contribution in [3.8, 4) is 28.7 Å². The number of hydrogen-bond donors (Lipinski definition) is 0. The second-order valence-electron chi connectivity index (χ2n) is 5.80. The summed E-state index contributed by atoms with van der Waals surface area (Å²) in [5.41, 5.74) is 1.96. The van der Waals surface area contributed by atoms with Gasteiger partial charge in [0.15, 0.2) is 0 Å². The second kappa shape index (κ2) is 7.72. The van der Waals surface area contributed by atoms with E-state index in [0.29, 0.717) is 33.1 Å². The van der Waals surface area contributed by atoms with Crippen molar-refractivity contribution in [1.29, 1.82) is 0 Å². The number of hydrogen-bond acceptors (Lipinski definition) is 4. The summed E-state index contributed by atoms with van der Waals surface area (Å²) in [6.07, 6.45) is 0. The highest BCUT2D eigenvalue weighted by Crippen LogP contribution is 2.31. The molecule has 4 nitrogen and oxygen atoms in total. The Morgan fingerprint density at radius 3 is 2.44 bits per heavy atom. The average Bonchev–Trinajstić information content (AvgIpc) is 3.18. The van der Waals surface area contributed by atoms with Crippen LogP contribution in [-0.2, 0) is 6.61 Å². The van der Waals surface area contributed by atoms with E-state index in [9.17, 15) is 4.39 Å². The molecule has 134 valence electrons. The van der Waals surface area contributed by atoms with Gasteiger partial charge in [0.2, 0.25) is 5.89 Å². The zero-order valence-electron chi connectivity index (χ0n) is 14.1. The lowest BCUT2D eigenvalue weighted by molar-refractivity contribution is 0.300. The quantitative estimate of drug-likeness (QED) is 0.401. The van der Waals surface area contributed by atoms with E-state index >= 15 is 0 Å². The lowest BCUT2D eigenvalue weighted by Crippen LogP contribution is -1.99. The third-order valence-corrected chi connectivity index (χ3v) is 4.45. The van der Waals surface area contributed by atoms with Crippen LogP contribution in [0.5, 0.6) is 5.75 Å². The smallest absolute Gasteiger partial charge is 0.251 e. The highest BCUT2D eigenvalue weighted by Gasteiger charge is 2.15. The molecular formula is C21H14BrFN2O2. The summed E-state index contributed by atoms with van der Waals surface area (Å²) in [4.78, 5) is 0. The molecule has 0 saturated carbocycles. The summed E-state index contributed by atoms with van der Waals surface area (Å²) in [6, 6.07) is 21.7. The molecule has 4 rings (SSSR count). The van der Waals surface area contributed by atoms with Gasteiger partial charge in [-0.2, -0.15) is 0 Å². The largest absolute Gasteiger partial charge is 0.488 e. The van der Waals surface area contributed by atoms with Crippen molar-refractivity contribution in [2.45, 2.75) is 6.61 Å². The Kier molecular flexibility index (Phi) is 4.98. The monoisotopic (exact) mass is 424 g/mol. The average molecular weight is 425 g/mol. The summed E-state index contributed by atoms with van der Waals surface area (Å²) in [7, 11) is 0. The first-order chi connectivity index (χ1) is 13.2. The van der Waals surface area contributed by atoms with Crippen LogP contribution in [0.2, 0.25) is 0 Å². The molecule has 6 heteroatoms. The summed E-state index contributed by atoms with van der Waals surface area (Å²) in [5.74, 6) is 0.995. The minimum absolute atomic E-state index is 0.0931. The Morgan fingerprint density at radius 2 is 1.63 bits per heavy atom. The fourth-order valence-electron chi connectivity index (χ4n) is 2.59. The zero-order chi connectivity index (χ0) is 18.6. The molecule has 0 N–H and O–H groups in total. The van der Waals surface area contributed by atoms with Gasteiger partial charge in [0, 0.05) is 15.6 Å². The van der Waals surface area contributed by atoms with E-state index in [-0.39, 0.29) is 12.4 Å². The minimum Gasteiger partial charge on any atom is -0.488 e. The van der Waals surface area contributed by atoms with E-state index in [0.717, 1.165) is 5.56 Å². The number of nitrogens with zero attached hydrogens (tertiary/aromatic N) is 2. The molecule has 0 unspecified atom stereocenters. The maximum Gasteiger partial charge on any atom is 0.251 e. The molecule has 0 spiro atoms. The normalized spacial score (nSPS) is 10.7. The van der Waals surface area contributed by atoms with Gasteiger partial charge in [0.1, 0.15) is 18.2 Å². The number of rotatable bonds is 5. The molecule has 0 radical (unpaired) electrons. The highest BCUT2D eigenvalue weighted by atomic mass is 79.9. The maximum absolute atomic E-state index is 14.0. The van der Waals surface area contributed by atoms with Crippen molar-refractivity contribution in [2.24, 2.45) is 0 Å². The molecule has 27 heavy (non-hydrogen) atoms. The number of para-hydroxylation sites is 1. The molecule has 4 aromatic rings. The van der Waals surface area contributed by atoms with E-state index in [4.69, 9.17) is 9.15 Å². The molecule has 0 aliphatic heterocycles. The van der Waals surface area contributed by atoms with Crippen molar-refractivity contribution < 1.29 is 13.5 Å². The first-order valence-electron chi connectivity index (χ1n) is 8.26. The van der Waals surface area contributed by atoms with Crippen molar-refractivity contribution in [2.75, 3.05) is 0 Å². The topological polar surface area (TPSA) is 48.2 Å². The Balaban J connectivity index is 1.59. The molecule has 0 bridgehead atoms. The molecular weight excluding hydrogens is 411 g/mol. The number of ether oxygens (including phenoxy) is 1. The second-order valence-corrected chi connectivity index (χ2v) is 6.71. The van der Waals surface area contributed by atoms with Crippen LogP contribution in [0, 0.1) is 5.82 Å². The SMILES string of the molecule is Fc1cc(Br)ccc1COc1ccccc1-c1nnc(-c2ccccc2)o1. The van der Waals surface area contributed by atoms with Crippen LogP contribution < -0.4 is 4.74 Å². The molecule has 0 fully saturated rings. The standard InChI is InChI=1S/C21H14BrFN2O2/c22-16-11-10-15(18(23)12-16)13-26-19-9-5-4-8-17(19)21-25-24-20(27-21)14-6-2-1-3-7-14/h1-12H,13H2.